The van der Waals surface area contributed by atoms with E-state index in [9.17, 15) is 22.8 Å². The summed E-state index contributed by atoms with van der Waals surface area (Å²) in [4.78, 5) is 25.8. The molecule has 0 saturated heterocycles. The van der Waals surface area contributed by atoms with Crippen molar-refractivity contribution in [2.45, 2.75) is 46.3 Å². The van der Waals surface area contributed by atoms with Crippen molar-refractivity contribution in [2.75, 3.05) is 0 Å². The van der Waals surface area contributed by atoms with Crippen LogP contribution in [-0.2, 0) is 6.18 Å². The summed E-state index contributed by atoms with van der Waals surface area (Å²) >= 11 is 0. The fraction of sp³-hybridized carbons (Fsp3) is 0.333. The average molecular weight is 392 g/mol. The molecular formula is C21H23F3N2O2. The van der Waals surface area contributed by atoms with Crippen LogP contribution in [0.2, 0.25) is 0 Å². The summed E-state index contributed by atoms with van der Waals surface area (Å²) in [5, 5.41) is 1.15. The van der Waals surface area contributed by atoms with Gasteiger partial charge in [0.25, 0.3) is 11.8 Å². The molecule has 0 aliphatic carbocycles. The highest BCUT2D eigenvalue weighted by Crippen LogP contribution is 2.30. The summed E-state index contributed by atoms with van der Waals surface area (Å²) < 4.78 is 39.0. The van der Waals surface area contributed by atoms with Crippen LogP contribution in [0.4, 0.5) is 13.2 Å². The van der Waals surface area contributed by atoms with E-state index in [0.29, 0.717) is 11.1 Å². The molecule has 0 heterocycles. The molecule has 0 atom stereocenters. The number of rotatable bonds is 2. The Morgan fingerprint density at radius 2 is 1.46 bits per heavy atom. The van der Waals surface area contributed by atoms with E-state index < -0.39 is 29.1 Å². The maximum absolute atomic E-state index is 13.0. The van der Waals surface area contributed by atoms with Crippen molar-refractivity contribution in [2.24, 2.45) is 0 Å². The number of nitrogens with one attached hydrogen (secondary N) is 1. The van der Waals surface area contributed by atoms with Gasteiger partial charge in [-0.3, -0.25) is 15.0 Å². The normalized spacial score (nSPS) is 11.9. The highest BCUT2D eigenvalue weighted by molar-refractivity contribution is 6.00. The fourth-order valence-electron chi connectivity index (χ4n) is 2.66. The molecule has 4 nitrogen and oxygen atoms in total. The number of alkyl halides is 3. The molecule has 150 valence electrons. The number of hydrogen-bond acceptors (Lipinski definition) is 2. The van der Waals surface area contributed by atoms with Crippen LogP contribution in [0.3, 0.4) is 0 Å². The first kappa shape index (κ1) is 21.5. The van der Waals surface area contributed by atoms with E-state index in [4.69, 9.17) is 0 Å². The monoisotopic (exact) mass is 392 g/mol. The molecule has 0 saturated carbocycles. The van der Waals surface area contributed by atoms with Gasteiger partial charge < -0.3 is 0 Å². The molecule has 2 amide bonds. The second-order valence-electron chi connectivity index (χ2n) is 7.59. The zero-order valence-electron chi connectivity index (χ0n) is 16.4. The number of halogens is 3. The van der Waals surface area contributed by atoms with Crippen LogP contribution < -0.4 is 5.43 Å². The van der Waals surface area contributed by atoms with Crippen molar-refractivity contribution in [1.82, 2.24) is 10.4 Å². The van der Waals surface area contributed by atoms with Crippen LogP contribution in [0.15, 0.2) is 42.5 Å². The second-order valence-corrected chi connectivity index (χ2v) is 7.59. The van der Waals surface area contributed by atoms with E-state index in [0.717, 1.165) is 22.7 Å². The molecule has 28 heavy (non-hydrogen) atoms. The molecule has 0 aliphatic rings. The van der Waals surface area contributed by atoms with Crippen LogP contribution in [0, 0.1) is 13.8 Å². The average Bonchev–Trinajstić information content (AvgIpc) is 2.57. The second kappa shape index (κ2) is 7.66. The Hall–Kier alpha value is -2.83. The van der Waals surface area contributed by atoms with Crippen molar-refractivity contribution >= 4 is 11.8 Å². The number of carbonyl (C=O) groups excluding carboxylic acids is 2. The third-order valence-electron chi connectivity index (χ3n) is 4.27. The Morgan fingerprint density at radius 1 is 0.893 bits per heavy atom. The number of hydrogen-bond donors (Lipinski definition) is 1. The summed E-state index contributed by atoms with van der Waals surface area (Å²) in [6.45, 7) is 8.49. The third kappa shape index (κ3) is 4.71. The topological polar surface area (TPSA) is 49.4 Å². The summed E-state index contributed by atoms with van der Waals surface area (Å²) in [6, 6.07) is 9.86. The van der Waals surface area contributed by atoms with Crippen LogP contribution in [-0.4, -0.2) is 22.4 Å². The predicted molar refractivity (Wildman–Crippen MR) is 101 cm³/mol. The van der Waals surface area contributed by atoms with Crippen molar-refractivity contribution in [3.8, 4) is 0 Å². The van der Waals surface area contributed by atoms with E-state index in [2.05, 4.69) is 5.43 Å². The van der Waals surface area contributed by atoms with Gasteiger partial charge in [0.05, 0.1) is 11.1 Å². The first-order chi connectivity index (χ1) is 12.8. The van der Waals surface area contributed by atoms with E-state index in [1.165, 1.54) is 6.07 Å². The summed E-state index contributed by atoms with van der Waals surface area (Å²) in [6.07, 6.45) is -4.57. The number of nitrogens with zero attached hydrogens (tertiary/aromatic N) is 1. The van der Waals surface area contributed by atoms with E-state index in [-0.39, 0.29) is 5.56 Å². The van der Waals surface area contributed by atoms with Gasteiger partial charge in [-0.2, -0.15) is 13.2 Å². The minimum Gasteiger partial charge on any atom is -0.267 e. The zero-order chi connectivity index (χ0) is 21.3. The molecule has 2 aromatic rings. The number of benzene rings is 2. The lowest BCUT2D eigenvalue weighted by Crippen LogP contribution is -2.56. The maximum atomic E-state index is 13.0. The molecule has 2 rings (SSSR count). The molecule has 0 aliphatic heterocycles. The third-order valence-corrected chi connectivity index (χ3v) is 4.27. The SMILES string of the molecule is Cc1ccc(C(F)(F)F)cc1C(=O)NN(C(=O)c1ccccc1C)C(C)(C)C. The molecule has 0 unspecified atom stereocenters. The van der Waals surface area contributed by atoms with Crippen LogP contribution in [0.5, 0.6) is 0 Å². The van der Waals surface area contributed by atoms with Gasteiger partial charge in [0.1, 0.15) is 0 Å². The Balaban J connectivity index is 2.40. The van der Waals surface area contributed by atoms with E-state index >= 15 is 0 Å². The summed E-state index contributed by atoms with van der Waals surface area (Å²) in [5.41, 5.74) is 2.14. The highest BCUT2D eigenvalue weighted by Gasteiger charge is 2.33. The molecule has 2 aromatic carbocycles. The van der Waals surface area contributed by atoms with E-state index in [1.807, 2.05) is 0 Å². The van der Waals surface area contributed by atoms with Gasteiger partial charge in [-0.05, 0) is 63.9 Å². The predicted octanol–water partition coefficient (Wildman–Crippen LogP) is 4.91. The number of carbonyl (C=O) groups is 2. The molecule has 0 radical (unpaired) electrons. The molecule has 0 spiro atoms. The Morgan fingerprint density at radius 3 is 2.00 bits per heavy atom. The van der Waals surface area contributed by atoms with Gasteiger partial charge in [0.2, 0.25) is 0 Å². The molecule has 1 N–H and O–H groups in total. The molecule has 0 bridgehead atoms. The van der Waals surface area contributed by atoms with Crippen molar-refractivity contribution in [3.05, 3.63) is 70.3 Å². The minimum atomic E-state index is -4.57. The van der Waals surface area contributed by atoms with Crippen LogP contribution in [0.25, 0.3) is 0 Å². The number of aryl methyl sites for hydroxylation is 2. The van der Waals surface area contributed by atoms with Gasteiger partial charge in [0.15, 0.2) is 0 Å². The van der Waals surface area contributed by atoms with Crippen molar-refractivity contribution in [3.63, 3.8) is 0 Å². The lowest BCUT2D eigenvalue weighted by Gasteiger charge is -2.36. The van der Waals surface area contributed by atoms with Crippen LogP contribution in [0.1, 0.15) is 58.2 Å². The Bertz CT molecular complexity index is 899. The first-order valence-electron chi connectivity index (χ1n) is 8.71. The Labute approximate surface area is 162 Å². The fourth-order valence-corrected chi connectivity index (χ4v) is 2.66. The highest BCUT2D eigenvalue weighted by atomic mass is 19.4. The number of amides is 2. The lowest BCUT2D eigenvalue weighted by atomic mass is 10.0. The van der Waals surface area contributed by atoms with Gasteiger partial charge in [-0.1, -0.05) is 24.3 Å². The number of hydrazine groups is 1. The first-order valence-corrected chi connectivity index (χ1v) is 8.71. The largest absolute Gasteiger partial charge is 0.416 e. The van der Waals surface area contributed by atoms with Gasteiger partial charge in [-0.25, -0.2) is 5.01 Å². The Kier molecular flexibility index (Phi) is 5.87. The maximum Gasteiger partial charge on any atom is 0.416 e. The minimum absolute atomic E-state index is 0.137. The van der Waals surface area contributed by atoms with Gasteiger partial charge in [-0.15, -0.1) is 0 Å². The van der Waals surface area contributed by atoms with Crippen molar-refractivity contribution in [1.29, 1.82) is 0 Å². The quantitative estimate of drug-likeness (QED) is 0.739. The zero-order valence-corrected chi connectivity index (χ0v) is 16.4. The van der Waals surface area contributed by atoms with Crippen LogP contribution >= 0.6 is 0 Å². The molecule has 0 aromatic heterocycles. The van der Waals surface area contributed by atoms with E-state index in [1.54, 1.807) is 58.9 Å². The summed E-state index contributed by atoms with van der Waals surface area (Å²) in [5.74, 6) is -1.22. The molecule has 0 fully saturated rings. The summed E-state index contributed by atoms with van der Waals surface area (Å²) in [7, 11) is 0. The standard InChI is InChI=1S/C21H23F3N2O2/c1-13-8-6-7-9-16(13)19(28)26(20(3,4)5)25-18(27)17-12-15(21(22,23)24)11-10-14(17)2/h6-12H,1-5H3,(H,25,27). The van der Waals surface area contributed by atoms with Gasteiger partial charge >= 0.3 is 6.18 Å². The smallest absolute Gasteiger partial charge is 0.267 e. The lowest BCUT2D eigenvalue weighted by molar-refractivity contribution is -0.137. The van der Waals surface area contributed by atoms with Gasteiger partial charge in [0, 0.05) is 11.1 Å². The van der Waals surface area contributed by atoms with Crippen molar-refractivity contribution < 1.29 is 22.8 Å². The molecule has 7 heteroatoms. The molecular weight excluding hydrogens is 369 g/mol.